The number of rotatable bonds is 6. The quantitative estimate of drug-likeness (QED) is 0.447. The maximum atomic E-state index is 13.8. The lowest BCUT2D eigenvalue weighted by atomic mass is 10.1. The van der Waals surface area contributed by atoms with E-state index in [-0.39, 0.29) is 5.82 Å². The van der Waals surface area contributed by atoms with Crippen LogP contribution in [0.5, 0.6) is 0 Å². The van der Waals surface area contributed by atoms with Crippen molar-refractivity contribution in [3.63, 3.8) is 0 Å². The molecular weight excluding hydrogens is 445 g/mol. The molecule has 1 aliphatic rings. The molecule has 33 heavy (non-hydrogen) atoms. The smallest absolute Gasteiger partial charge is 0.225 e. The molecule has 5 rings (SSSR count). The molecule has 0 saturated carbocycles. The number of ether oxygens (including phenoxy) is 1. The van der Waals surface area contributed by atoms with Gasteiger partial charge in [-0.15, -0.1) is 5.10 Å². The lowest BCUT2D eigenvalue weighted by Crippen LogP contribution is -2.39. The van der Waals surface area contributed by atoms with Gasteiger partial charge in [-0.2, -0.15) is 4.98 Å². The van der Waals surface area contributed by atoms with Gasteiger partial charge in [0.05, 0.1) is 30.0 Å². The van der Waals surface area contributed by atoms with Crippen LogP contribution in [0.15, 0.2) is 48.5 Å². The Balaban J connectivity index is 1.54. The molecule has 0 radical (unpaired) electrons. The molecule has 4 aromatic rings. The fraction of sp³-hybridized carbons (Fsp3) is 0.261. The van der Waals surface area contributed by atoms with E-state index in [9.17, 15) is 4.39 Å². The Kier molecular flexibility index (Phi) is 6.08. The number of hydrogen-bond acceptors (Lipinski definition) is 7. The highest BCUT2D eigenvalue weighted by Gasteiger charge is 2.20. The van der Waals surface area contributed by atoms with Gasteiger partial charge in [0.2, 0.25) is 5.95 Å². The van der Waals surface area contributed by atoms with E-state index in [2.05, 4.69) is 20.3 Å². The van der Waals surface area contributed by atoms with Crippen LogP contribution in [0, 0.1) is 5.82 Å². The van der Waals surface area contributed by atoms with Crippen LogP contribution in [0.4, 0.5) is 16.2 Å². The maximum Gasteiger partial charge on any atom is 0.225 e. The first kappa shape index (κ1) is 21.6. The van der Waals surface area contributed by atoms with Crippen LogP contribution < -0.4 is 11.1 Å². The van der Waals surface area contributed by atoms with Crippen molar-refractivity contribution in [1.29, 1.82) is 0 Å². The number of morpholine rings is 1. The van der Waals surface area contributed by atoms with E-state index < -0.39 is 0 Å². The molecule has 0 atom stereocenters. The zero-order chi connectivity index (χ0) is 22.8. The van der Waals surface area contributed by atoms with Crippen LogP contribution in [0.2, 0.25) is 5.02 Å². The highest BCUT2D eigenvalue weighted by Crippen LogP contribution is 2.33. The third-order valence-corrected chi connectivity index (χ3v) is 5.81. The van der Waals surface area contributed by atoms with Crippen molar-refractivity contribution in [3.8, 4) is 16.9 Å². The van der Waals surface area contributed by atoms with Gasteiger partial charge in [-0.1, -0.05) is 29.8 Å². The topological polar surface area (TPSA) is 94.1 Å². The number of nitrogens with one attached hydrogen (secondary N) is 1. The van der Waals surface area contributed by atoms with Crippen molar-refractivity contribution >= 4 is 34.4 Å². The van der Waals surface area contributed by atoms with Gasteiger partial charge < -0.3 is 15.8 Å². The molecule has 0 amide bonds. The predicted octanol–water partition coefficient (Wildman–Crippen LogP) is 3.60. The Morgan fingerprint density at radius 1 is 1.09 bits per heavy atom. The summed E-state index contributed by atoms with van der Waals surface area (Å²) >= 11 is 6.09. The standard InChI is InChI=1S/C23H23ClFN7O/c24-16-6-4-15(5-7-16)20-19-21(26)32(18-3-1-2-17(25)14-18)30-22(19)29-23(28-20)27-8-9-31-10-12-33-13-11-31/h1-7,14H,8-13,26H2,(H,27,29,30). The summed E-state index contributed by atoms with van der Waals surface area (Å²) in [6.07, 6.45) is 0. The summed E-state index contributed by atoms with van der Waals surface area (Å²) in [6, 6.07) is 13.4. The molecule has 1 aliphatic heterocycles. The van der Waals surface area contributed by atoms with E-state index in [0.29, 0.717) is 45.7 Å². The molecule has 3 N–H and O–H groups in total. The van der Waals surface area contributed by atoms with Crippen molar-refractivity contribution in [2.24, 2.45) is 0 Å². The van der Waals surface area contributed by atoms with Crippen molar-refractivity contribution < 1.29 is 9.13 Å². The summed E-state index contributed by atoms with van der Waals surface area (Å²) in [5, 5.41) is 9.09. The van der Waals surface area contributed by atoms with Gasteiger partial charge in [-0.3, -0.25) is 4.90 Å². The molecule has 170 valence electrons. The Labute approximate surface area is 195 Å². The molecule has 0 unspecified atom stereocenters. The zero-order valence-electron chi connectivity index (χ0n) is 17.8. The monoisotopic (exact) mass is 467 g/mol. The number of nitrogens with two attached hydrogens (primary N) is 1. The largest absolute Gasteiger partial charge is 0.383 e. The summed E-state index contributed by atoms with van der Waals surface area (Å²) < 4.78 is 20.7. The van der Waals surface area contributed by atoms with Gasteiger partial charge >= 0.3 is 0 Å². The number of halogens is 2. The van der Waals surface area contributed by atoms with E-state index in [1.807, 2.05) is 12.1 Å². The molecule has 1 saturated heterocycles. The van der Waals surface area contributed by atoms with Crippen LogP contribution in [0.3, 0.4) is 0 Å². The summed E-state index contributed by atoms with van der Waals surface area (Å²) in [6.45, 7) is 4.84. The second-order valence-corrected chi connectivity index (χ2v) is 8.20. The number of nitrogens with zero attached hydrogens (tertiary/aromatic N) is 5. The first-order chi connectivity index (χ1) is 16.1. The minimum absolute atomic E-state index is 0.334. The number of aromatic nitrogens is 4. The number of fused-ring (bicyclic) bond motifs is 1. The van der Waals surface area contributed by atoms with E-state index >= 15 is 0 Å². The predicted molar refractivity (Wildman–Crippen MR) is 127 cm³/mol. The van der Waals surface area contributed by atoms with Crippen molar-refractivity contribution in [1.82, 2.24) is 24.6 Å². The van der Waals surface area contributed by atoms with Gasteiger partial charge in [0.15, 0.2) is 5.65 Å². The van der Waals surface area contributed by atoms with E-state index in [0.717, 1.165) is 38.4 Å². The van der Waals surface area contributed by atoms with Crippen LogP contribution in [-0.2, 0) is 4.74 Å². The molecule has 10 heteroatoms. The third kappa shape index (κ3) is 4.61. The van der Waals surface area contributed by atoms with Gasteiger partial charge in [0, 0.05) is 36.8 Å². The second kappa shape index (κ2) is 9.30. The van der Waals surface area contributed by atoms with Crippen LogP contribution in [0.25, 0.3) is 28.0 Å². The minimum Gasteiger partial charge on any atom is -0.383 e. The molecule has 0 spiro atoms. The normalized spacial score (nSPS) is 14.6. The first-order valence-corrected chi connectivity index (χ1v) is 11.1. The van der Waals surface area contributed by atoms with E-state index in [4.69, 9.17) is 27.1 Å². The van der Waals surface area contributed by atoms with Gasteiger partial charge in [-0.05, 0) is 30.3 Å². The second-order valence-electron chi connectivity index (χ2n) is 7.76. The summed E-state index contributed by atoms with van der Waals surface area (Å²) in [5.41, 5.74) is 8.86. The van der Waals surface area contributed by atoms with Crippen LogP contribution in [0.1, 0.15) is 0 Å². The average Bonchev–Trinajstić information content (AvgIpc) is 3.16. The minimum atomic E-state index is -0.374. The molecule has 2 aromatic carbocycles. The van der Waals surface area contributed by atoms with E-state index in [1.54, 1.807) is 24.3 Å². The van der Waals surface area contributed by atoms with Gasteiger partial charge in [0.25, 0.3) is 0 Å². The number of benzene rings is 2. The van der Waals surface area contributed by atoms with Crippen molar-refractivity contribution in [2.75, 3.05) is 50.4 Å². The lowest BCUT2D eigenvalue weighted by molar-refractivity contribution is 0.0398. The fourth-order valence-electron chi connectivity index (χ4n) is 3.86. The number of hydrogen-bond donors (Lipinski definition) is 2. The Hall–Kier alpha value is -3.27. The van der Waals surface area contributed by atoms with Gasteiger partial charge in [-0.25, -0.2) is 14.1 Å². The maximum absolute atomic E-state index is 13.8. The average molecular weight is 468 g/mol. The highest BCUT2D eigenvalue weighted by molar-refractivity contribution is 6.30. The van der Waals surface area contributed by atoms with Gasteiger partial charge in [0.1, 0.15) is 11.6 Å². The zero-order valence-corrected chi connectivity index (χ0v) is 18.6. The first-order valence-electron chi connectivity index (χ1n) is 10.7. The highest BCUT2D eigenvalue weighted by atomic mass is 35.5. The number of anilines is 2. The SMILES string of the molecule is Nc1c2c(-c3ccc(Cl)cc3)nc(NCCN3CCOCC3)nc2nn1-c1cccc(F)c1. The van der Waals surface area contributed by atoms with Crippen molar-refractivity contribution in [3.05, 3.63) is 59.4 Å². The Morgan fingerprint density at radius 3 is 2.64 bits per heavy atom. The Bertz CT molecular complexity index is 1270. The lowest BCUT2D eigenvalue weighted by Gasteiger charge is -2.26. The summed E-state index contributed by atoms with van der Waals surface area (Å²) in [7, 11) is 0. The van der Waals surface area contributed by atoms with Crippen LogP contribution in [-0.4, -0.2) is 64.0 Å². The molecule has 0 aliphatic carbocycles. The molecule has 8 nitrogen and oxygen atoms in total. The molecule has 1 fully saturated rings. The third-order valence-electron chi connectivity index (χ3n) is 5.55. The molecule has 0 bridgehead atoms. The van der Waals surface area contributed by atoms with Crippen molar-refractivity contribution in [2.45, 2.75) is 0 Å². The summed E-state index contributed by atoms with van der Waals surface area (Å²) in [5.74, 6) is 0.408. The molecular formula is C23H23ClFN7O. The number of nitrogen functional groups attached to an aromatic ring is 1. The fourth-order valence-corrected chi connectivity index (χ4v) is 3.99. The van der Waals surface area contributed by atoms with E-state index in [1.165, 1.54) is 16.8 Å². The summed E-state index contributed by atoms with van der Waals surface area (Å²) in [4.78, 5) is 11.7. The van der Waals surface area contributed by atoms with Crippen LogP contribution >= 0.6 is 11.6 Å². The Morgan fingerprint density at radius 2 is 1.88 bits per heavy atom. The molecule has 2 aromatic heterocycles. The molecule has 3 heterocycles.